The average Bonchev–Trinajstić information content (AvgIpc) is 3.00. The number of nitrogens with zero attached hydrogens (tertiary/aromatic N) is 2. The first-order valence-corrected chi connectivity index (χ1v) is 7.11. The lowest BCUT2D eigenvalue weighted by Crippen LogP contribution is -2.41. The fourth-order valence-corrected chi connectivity index (χ4v) is 2.28. The van der Waals surface area contributed by atoms with Crippen LogP contribution < -0.4 is 10.9 Å². The summed E-state index contributed by atoms with van der Waals surface area (Å²) < 4.78 is 11.7. The molecule has 2 heterocycles. The smallest absolute Gasteiger partial charge is 0.272 e. The highest BCUT2D eigenvalue weighted by Gasteiger charge is 2.24. The van der Waals surface area contributed by atoms with Crippen LogP contribution in [0.5, 0.6) is 0 Å². The first-order valence-electron chi connectivity index (χ1n) is 7.11. The van der Waals surface area contributed by atoms with Gasteiger partial charge in [-0.2, -0.15) is 5.10 Å². The van der Waals surface area contributed by atoms with Gasteiger partial charge in [-0.05, 0) is 25.8 Å². The molecule has 1 fully saturated rings. The minimum atomic E-state index is -0.302. The van der Waals surface area contributed by atoms with Gasteiger partial charge in [-0.25, -0.2) is 4.68 Å². The molecule has 0 aromatic carbocycles. The highest BCUT2D eigenvalue weighted by atomic mass is 16.5. The molecule has 1 aliphatic heterocycles. The first kappa shape index (κ1) is 15.7. The molecular formula is C14H21N3O4. The summed E-state index contributed by atoms with van der Waals surface area (Å²) in [7, 11) is 1.55. The highest BCUT2D eigenvalue weighted by Crippen LogP contribution is 2.15. The Hall–Kier alpha value is -1.73. The molecule has 0 aliphatic carbocycles. The monoisotopic (exact) mass is 295 g/mol. The van der Waals surface area contributed by atoms with Gasteiger partial charge in [-0.15, -0.1) is 0 Å². The summed E-state index contributed by atoms with van der Waals surface area (Å²) in [5.41, 5.74) is -0.0358. The van der Waals surface area contributed by atoms with E-state index < -0.39 is 0 Å². The lowest BCUT2D eigenvalue weighted by atomic mass is 10.1. The van der Waals surface area contributed by atoms with Gasteiger partial charge < -0.3 is 14.8 Å². The Morgan fingerprint density at radius 3 is 3.10 bits per heavy atom. The molecule has 0 bridgehead atoms. The molecule has 1 amide bonds. The number of nitrogens with one attached hydrogen (secondary N) is 1. The lowest BCUT2D eigenvalue weighted by Gasteiger charge is -2.19. The fourth-order valence-electron chi connectivity index (χ4n) is 2.28. The van der Waals surface area contributed by atoms with E-state index in [1.165, 1.54) is 16.8 Å². The Labute approximate surface area is 123 Å². The predicted molar refractivity (Wildman–Crippen MR) is 76.3 cm³/mol. The van der Waals surface area contributed by atoms with Gasteiger partial charge in [0, 0.05) is 19.8 Å². The van der Waals surface area contributed by atoms with Gasteiger partial charge in [0.05, 0.1) is 25.3 Å². The standard InChI is InChI=1S/C14H21N3O4/c1-10(12-4-3-8-21-12)15-14(19)11-5-6-13(18)17(16-11)7-9-20-2/h5-6,10,12H,3-4,7-9H2,1-2H3,(H,15,19)/t10-,12-/m1/s1. The molecule has 1 aliphatic rings. The molecule has 2 atom stereocenters. The van der Waals surface area contributed by atoms with Crippen LogP contribution in [0, 0.1) is 0 Å². The van der Waals surface area contributed by atoms with Crippen molar-refractivity contribution >= 4 is 5.91 Å². The van der Waals surface area contributed by atoms with Crippen LogP contribution in [0.25, 0.3) is 0 Å². The van der Waals surface area contributed by atoms with Crippen LogP contribution in [0.1, 0.15) is 30.3 Å². The number of hydrogen-bond donors (Lipinski definition) is 1. The third-order valence-electron chi connectivity index (χ3n) is 3.49. The van der Waals surface area contributed by atoms with E-state index in [1.54, 1.807) is 7.11 Å². The molecule has 0 radical (unpaired) electrons. The van der Waals surface area contributed by atoms with Crippen LogP contribution in [0.3, 0.4) is 0 Å². The Kier molecular flexibility index (Phi) is 5.46. The van der Waals surface area contributed by atoms with Crippen LogP contribution in [0.2, 0.25) is 0 Å². The zero-order chi connectivity index (χ0) is 15.2. The number of hydrogen-bond acceptors (Lipinski definition) is 5. The van der Waals surface area contributed by atoms with Gasteiger partial charge in [0.25, 0.3) is 11.5 Å². The molecule has 0 unspecified atom stereocenters. The van der Waals surface area contributed by atoms with Gasteiger partial charge in [-0.1, -0.05) is 0 Å². The van der Waals surface area contributed by atoms with Gasteiger partial charge in [0.1, 0.15) is 5.69 Å². The summed E-state index contributed by atoms with van der Waals surface area (Å²) in [5, 5.41) is 6.93. The second kappa shape index (κ2) is 7.33. The molecule has 116 valence electrons. The van der Waals surface area contributed by atoms with Crippen molar-refractivity contribution in [1.82, 2.24) is 15.1 Å². The highest BCUT2D eigenvalue weighted by molar-refractivity contribution is 5.92. The van der Waals surface area contributed by atoms with Crippen molar-refractivity contribution in [2.45, 2.75) is 38.5 Å². The number of ether oxygens (including phenoxy) is 2. The largest absolute Gasteiger partial charge is 0.383 e. The van der Waals surface area contributed by atoms with E-state index in [4.69, 9.17) is 9.47 Å². The third kappa shape index (κ3) is 4.12. The molecule has 1 N–H and O–H groups in total. The van der Waals surface area contributed by atoms with Crippen molar-refractivity contribution in [3.63, 3.8) is 0 Å². The molecule has 1 saturated heterocycles. The molecule has 2 rings (SSSR count). The van der Waals surface area contributed by atoms with Crippen molar-refractivity contribution in [1.29, 1.82) is 0 Å². The second-order valence-electron chi connectivity index (χ2n) is 5.09. The Balaban J connectivity index is 2.02. The van der Waals surface area contributed by atoms with E-state index in [0.717, 1.165) is 19.4 Å². The van der Waals surface area contributed by atoms with E-state index in [-0.39, 0.29) is 29.3 Å². The summed E-state index contributed by atoms with van der Waals surface area (Å²) in [6, 6.07) is 2.69. The van der Waals surface area contributed by atoms with E-state index in [2.05, 4.69) is 10.4 Å². The molecular weight excluding hydrogens is 274 g/mol. The zero-order valence-corrected chi connectivity index (χ0v) is 12.4. The molecule has 0 spiro atoms. The Bertz CT molecular complexity index is 537. The number of rotatable bonds is 6. The van der Waals surface area contributed by atoms with Crippen LogP contribution >= 0.6 is 0 Å². The van der Waals surface area contributed by atoms with Gasteiger partial charge in [0.2, 0.25) is 0 Å². The normalized spacial score (nSPS) is 19.4. The fraction of sp³-hybridized carbons (Fsp3) is 0.643. The Morgan fingerprint density at radius 2 is 2.43 bits per heavy atom. The average molecular weight is 295 g/mol. The summed E-state index contributed by atoms with van der Waals surface area (Å²) in [4.78, 5) is 23.8. The zero-order valence-electron chi connectivity index (χ0n) is 12.4. The summed E-state index contributed by atoms with van der Waals surface area (Å²) in [6.45, 7) is 3.34. The number of carbonyl (C=O) groups is 1. The minimum absolute atomic E-state index is 0.0494. The number of aromatic nitrogens is 2. The summed E-state index contributed by atoms with van der Waals surface area (Å²) in [6.07, 6.45) is 2.01. The second-order valence-corrected chi connectivity index (χ2v) is 5.09. The van der Waals surface area contributed by atoms with Gasteiger partial charge in [-0.3, -0.25) is 9.59 Å². The minimum Gasteiger partial charge on any atom is -0.383 e. The molecule has 7 heteroatoms. The van der Waals surface area contributed by atoms with E-state index in [1.807, 2.05) is 6.92 Å². The van der Waals surface area contributed by atoms with Crippen molar-refractivity contribution < 1.29 is 14.3 Å². The number of amides is 1. The molecule has 7 nitrogen and oxygen atoms in total. The maximum atomic E-state index is 12.2. The van der Waals surface area contributed by atoms with Crippen molar-refractivity contribution in [2.75, 3.05) is 20.3 Å². The lowest BCUT2D eigenvalue weighted by molar-refractivity contribution is 0.0707. The molecule has 0 saturated carbocycles. The molecule has 21 heavy (non-hydrogen) atoms. The quantitative estimate of drug-likeness (QED) is 0.810. The van der Waals surface area contributed by atoms with Crippen LogP contribution in [0.4, 0.5) is 0 Å². The number of carbonyl (C=O) groups excluding carboxylic acids is 1. The van der Waals surface area contributed by atoms with Gasteiger partial charge >= 0.3 is 0 Å². The van der Waals surface area contributed by atoms with E-state index >= 15 is 0 Å². The molecule has 1 aromatic rings. The predicted octanol–water partition coefficient (Wildman–Crippen LogP) is 0.187. The van der Waals surface area contributed by atoms with Crippen LogP contribution in [-0.2, 0) is 16.0 Å². The number of methoxy groups -OCH3 is 1. The maximum absolute atomic E-state index is 12.2. The van der Waals surface area contributed by atoms with Crippen molar-refractivity contribution in [3.05, 3.63) is 28.2 Å². The van der Waals surface area contributed by atoms with Crippen LogP contribution in [-0.4, -0.2) is 48.2 Å². The SMILES string of the molecule is COCCn1nc(C(=O)N[C@H](C)[C@H]2CCCO2)ccc1=O. The van der Waals surface area contributed by atoms with Crippen molar-refractivity contribution in [2.24, 2.45) is 0 Å². The Morgan fingerprint density at radius 1 is 1.62 bits per heavy atom. The maximum Gasteiger partial charge on any atom is 0.272 e. The summed E-state index contributed by atoms with van der Waals surface area (Å²) in [5.74, 6) is -0.302. The van der Waals surface area contributed by atoms with E-state index in [9.17, 15) is 9.59 Å². The van der Waals surface area contributed by atoms with E-state index in [0.29, 0.717) is 13.2 Å². The topological polar surface area (TPSA) is 82.5 Å². The van der Waals surface area contributed by atoms with Crippen molar-refractivity contribution in [3.8, 4) is 0 Å². The molecule has 1 aromatic heterocycles. The summed E-state index contributed by atoms with van der Waals surface area (Å²) >= 11 is 0. The first-order chi connectivity index (χ1) is 10.1. The third-order valence-corrected chi connectivity index (χ3v) is 3.49. The van der Waals surface area contributed by atoms with Gasteiger partial charge in [0.15, 0.2) is 0 Å². The van der Waals surface area contributed by atoms with Crippen LogP contribution in [0.15, 0.2) is 16.9 Å².